The number of amides is 1. The van der Waals surface area contributed by atoms with Gasteiger partial charge in [-0.25, -0.2) is 0 Å². The molecule has 1 heterocycles. The van der Waals surface area contributed by atoms with E-state index in [-0.39, 0.29) is 0 Å². The first kappa shape index (κ1) is 7.21. The number of rotatable bonds is 1. The van der Waals surface area contributed by atoms with Crippen molar-refractivity contribution >= 4 is 12.2 Å². The van der Waals surface area contributed by atoms with Crippen LogP contribution in [-0.4, -0.2) is 43.3 Å². The predicted octanol–water partition coefficient (Wildman–Crippen LogP) is -1.47. The van der Waals surface area contributed by atoms with Gasteiger partial charge in [0.1, 0.15) is 0 Å². The van der Waals surface area contributed by atoms with Gasteiger partial charge < -0.3 is 10.2 Å². The molecule has 0 atom stereocenters. The highest BCUT2D eigenvalue weighted by molar-refractivity contribution is 6.23. The third kappa shape index (κ3) is 1.54. The second-order valence-corrected chi connectivity index (χ2v) is 2.14. The van der Waals surface area contributed by atoms with Crippen molar-refractivity contribution in [3.8, 4) is 0 Å². The van der Waals surface area contributed by atoms with E-state index in [9.17, 15) is 9.59 Å². The minimum Gasteiger partial charge on any atom is -0.333 e. The fraction of sp³-hybridized carbons (Fsp3) is 0.667. The zero-order valence-electron chi connectivity index (χ0n) is 5.59. The van der Waals surface area contributed by atoms with Gasteiger partial charge in [-0.05, 0) is 0 Å². The summed E-state index contributed by atoms with van der Waals surface area (Å²) in [7, 11) is 0. The van der Waals surface area contributed by atoms with Crippen LogP contribution in [0.1, 0.15) is 0 Å². The highest BCUT2D eigenvalue weighted by atomic mass is 16.2. The maximum atomic E-state index is 10.6. The summed E-state index contributed by atoms with van der Waals surface area (Å²) >= 11 is 0. The predicted molar refractivity (Wildman–Crippen MR) is 35.1 cm³/mol. The zero-order valence-corrected chi connectivity index (χ0v) is 5.59. The van der Waals surface area contributed by atoms with E-state index in [0.29, 0.717) is 13.1 Å². The Morgan fingerprint density at radius 1 is 1.40 bits per heavy atom. The quantitative estimate of drug-likeness (QED) is 0.453. The number of piperazine rings is 1. The normalized spacial score (nSPS) is 18.6. The number of nitrogens with one attached hydrogen (secondary N) is 1. The molecule has 55 valence electrons. The van der Waals surface area contributed by atoms with E-state index in [1.165, 1.54) is 11.2 Å². The highest BCUT2D eigenvalue weighted by Gasteiger charge is 2.14. The van der Waals surface area contributed by atoms with Crippen molar-refractivity contribution in [1.29, 1.82) is 0 Å². The SMILES string of the molecule is O=[C]C(=O)N1CCNCC1. The summed E-state index contributed by atoms with van der Waals surface area (Å²) in [6, 6.07) is 0. The van der Waals surface area contributed by atoms with Crippen LogP contribution in [0.2, 0.25) is 0 Å². The molecule has 4 heteroatoms. The molecule has 1 N–H and O–H groups in total. The molecule has 0 aliphatic carbocycles. The Balaban J connectivity index is 2.38. The van der Waals surface area contributed by atoms with E-state index in [4.69, 9.17) is 0 Å². The molecule has 0 aromatic heterocycles. The molecule has 0 unspecified atom stereocenters. The van der Waals surface area contributed by atoms with E-state index in [0.717, 1.165) is 13.1 Å². The topological polar surface area (TPSA) is 49.4 Å². The molecule has 0 aromatic rings. The number of carbonyl (C=O) groups excluding carboxylic acids is 2. The molecule has 1 fully saturated rings. The minimum atomic E-state index is -0.526. The lowest BCUT2D eigenvalue weighted by molar-refractivity contribution is -0.124. The third-order valence-electron chi connectivity index (χ3n) is 1.49. The molecule has 1 saturated heterocycles. The summed E-state index contributed by atoms with van der Waals surface area (Å²) in [5, 5.41) is 3.07. The molecule has 10 heavy (non-hydrogen) atoms. The van der Waals surface area contributed by atoms with Crippen molar-refractivity contribution in [3.63, 3.8) is 0 Å². The van der Waals surface area contributed by atoms with Crippen LogP contribution in [-0.2, 0) is 9.59 Å². The number of hydrogen-bond donors (Lipinski definition) is 1. The van der Waals surface area contributed by atoms with Crippen LogP contribution in [0.15, 0.2) is 0 Å². The van der Waals surface area contributed by atoms with Crippen molar-refractivity contribution in [1.82, 2.24) is 10.2 Å². The largest absolute Gasteiger partial charge is 0.333 e. The van der Waals surface area contributed by atoms with E-state index < -0.39 is 5.91 Å². The second-order valence-electron chi connectivity index (χ2n) is 2.14. The van der Waals surface area contributed by atoms with Crippen LogP contribution in [0.5, 0.6) is 0 Å². The Kier molecular flexibility index (Phi) is 2.39. The second kappa shape index (κ2) is 3.31. The smallest absolute Gasteiger partial charge is 0.298 e. The Hall–Kier alpha value is -0.900. The van der Waals surface area contributed by atoms with Gasteiger partial charge in [-0.2, -0.15) is 0 Å². The van der Waals surface area contributed by atoms with Crippen molar-refractivity contribution < 1.29 is 9.59 Å². The van der Waals surface area contributed by atoms with Gasteiger partial charge in [0.15, 0.2) is 0 Å². The summed E-state index contributed by atoms with van der Waals surface area (Å²) in [5.41, 5.74) is 0. The van der Waals surface area contributed by atoms with Gasteiger partial charge in [-0.3, -0.25) is 9.59 Å². The van der Waals surface area contributed by atoms with Gasteiger partial charge in [-0.15, -0.1) is 0 Å². The van der Waals surface area contributed by atoms with Crippen molar-refractivity contribution in [2.45, 2.75) is 0 Å². The molecule has 1 aliphatic rings. The first-order valence-electron chi connectivity index (χ1n) is 3.22. The minimum absolute atomic E-state index is 0.526. The molecule has 1 amide bonds. The molecule has 0 saturated carbocycles. The van der Waals surface area contributed by atoms with Crippen LogP contribution in [0.3, 0.4) is 0 Å². The fourth-order valence-corrected chi connectivity index (χ4v) is 0.932. The summed E-state index contributed by atoms with van der Waals surface area (Å²) in [6.45, 7) is 2.78. The highest BCUT2D eigenvalue weighted by Crippen LogP contribution is 1.89. The standard InChI is InChI=1S/C6H9N2O2/c9-5-6(10)8-3-1-7-2-4-8/h7H,1-4H2. The summed E-state index contributed by atoms with van der Waals surface area (Å²) < 4.78 is 0. The van der Waals surface area contributed by atoms with Crippen LogP contribution >= 0.6 is 0 Å². The number of carbonyl (C=O) groups is 1. The Morgan fingerprint density at radius 2 is 2.00 bits per heavy atom. The maximum Gasteiger partial charge on any atom is 0.298 e. The first-order chi connectivity index (χ1) is 4.84. The summed E-state index contributed by atoms with van der Waals surface area (Å²) in [6.07, 6.45) is 1.34. The van der Waals surface area contributed by atoms with Gasteiger partial charge in [0.2, 0.25) is 0 Å². The number of nitrogens with zero attached hydrogens (tertiary/aromatic N) is 1. The molecule has 1 aliphatic heterocycles. The lowest BCUT2D eigenvalue weighted by atomic mass is 10.3. The lowest BCUT2D eigenvalue weighted by Crippen LogP contribution is -2.46. The van der Waals surface area contributed by atoms with Gasteiger partial charge in [0, 0.05) is 26.2 Å². The van der Waals surface area contributed by atoms with Gasteiger partial charge in [0.25, 0.3) is 12.2 Å². The Morgan fingerprint density at radius 3 is 2.50 bits per heavy atom. The Labute approximate surface area is 59.2 Å². The van der Waals surface area contributed by atoms with Crippen LogP contribution in [0, 0.1) is 0 Å². The third-order valence-corrected chi connectivity index (χ3v) is 1.49. The molecule has 1 rings (SSSR count). The molecule has 0 bridgehead atoms. The van der Waals surface area contributed by atoms with Crippen molar-refractivity contribution in [3.05, 3.63) is 0 Å². The van der Waals surface area contributed by atoms with E-state index in [1.54, 1.807) is 0 Å². The molecule has 1 radical (unpaired) electrons. The first-order valence-corrected chi connectivity index (χ1v) is 3.22. The van der Waals surface area contributed by atoms with Gasteiger partial charge in [0.05, 0.1) is 0 Å². The van der Waals surface area contributed by atoms with Crippen molar-refractivity contribution in [2.24, 2.45) is 0 Å². The van der Waals surface area contributed by atoms with E-state index in [1.807, 2.05) is 0 Å². The molecular formula is C6H9N2O2. The molecule has 4 nitrogen and oxygen atoms in total. The summed E-state index contributed by atoms with van der Waals surface area (Å²) in [4.78, 5) is 22.0. The molecule has 0 spiro atoms. The average molecular weight is 141 g/mol. The Bertz CT molecular complexity index is 141. The van der Waals surface area contributed by atoms with Gasteiger partial charge in [-0.1, -0.05) is 0 Å². The molecule has 0 aromatic carbocycles. The van der Waals surface area contributed by atoms with Crippen molar-refractivity contribution in [2.75, 3.05) is 26.2 Å². The number of hydrogen-bond acceptors (Lipinski definition) is 3. The maximum absolute atomic E-state index is 10.6. The van der Waals surface area contributed by atoms with Crippen LogP contribution in [0.25, 0.3) is 0 Å². The monoisotopic (exact) mass is 141 g/mol. The zero-order chi connectivity index (χ0) is 7.40. The average Bonchev–Trinajstić information content (AvgIpc) is 2.05. The van der Waals surface area contributed by atoms with E-state index >= 15 is 0 Å². The van der Waals surface area contributed by atoms with E-state index in [2.05, 4.69) is 5.32 Å². The fourth-order valence-electron chi connectivity index (χ4n) is 0.932. The van der Waals surface area contributed by atoms with Crippen LogP contribution in [0.4, 0.5) is 0 Å². The van der Waals surface area contributed by atoms with Crippen LogP contribution < -0.4 is 5.32 Å². The summed E-state index contributed by atoms with van der Waals surface area (Å²) in [5.74, 6) is -0.526. The van der Waals surface area contributed by atoms with Gasteiger partial charge >= 0.3 is 0 Å². The molecular weight excluding hydrogens is 132 g/mol. The lowest BCUT2D eigenvalue weighted by Gasteiger charge is -2.24.